The third-order valence-corrected chi connectivity index (χ3v) is 20.0. The first-order chi connectivity index (χ1) is 61.3. The maximum absolute atomic E-state index is 14.5. The van der Waals surface area contributed by atoms with Gasteiger partial charge in [-0.3, -0.25) is 102 Å². The maximum atomic E-state index is 14.5. The molecule has 0 aliphatic rings. The summed E-state index contributed by atoms with van der Waals surface area (Å²) in [5.41, 5.74) is 43.9. The standard InChI is InChI=1S/C81H134N28O21/c1-8-81(7,109-63(116)41-96-77(129)64(46(6)111)108-75(127)56(37-48-23-13-10-14-24-48)99-62(115)40-94-61(114)39-95-68(120)49(84)36-47-21-11-9-12-22-47)78(130)107-54(28-20-34-93-80(90)91)72(124)103-52(26-16-18-32-83)71(123)106-58(42-110)76(128)98-44(4)66(118)101-53(27-19-33-92-79(88)89)69(121)102-51(25-15-17-31-82)70(122)105-55(35-43(2)3)73(125)97-45(5)67(119)104-57(38-60(86)113)74(126)100-50(65(87)117)29-30-59(85)112/h9-14,21-24,43-46,49-58,64,110-111H,8,15-20,25-42,82-84H2,1-7H3,(H2,85,112)(H2,86,113)(H2,87,117)(H,94,114)(H,95,120)(H,96,129)(H,97,125)(H,98,128)(H,99,115)(H,100,126)(H,101,118)(H,102,121)(H,103,124)(H,104,119)(H,105,122)(H,106,123)(H,107,130)(H,108,127)(H,109,116)(H4,88,89,92)(H4,90,91,93)/t44-,45-,46+,49-,50-,51-,52-,53-,54-,55-,56-,57-,58-,64-,81-/m0/s1. The third kappa shape index (κ3) is 44.4. The second-order valence-electron chi connectivity index (χ2n) is 31.6. The van der Waals surface area contributed by atoms with E-state index in [9.17, 15) is 101 Å². The fourth-order valence-electron chi connectivity index (χ4n) is 12.4. The topological polar surface area (TPSA) is 837 Å². The zero-order valence-corrected chi connectivity index (χ0v) is 74.4. The number of hydrogen-bond donors (Lipinski definition) is 30. The van der Waals surface area contributed by atoms with Gasteiger partial charge in [0.25, 0.3) is 0 Å². The molecule has 38 N–H and O–H groups in total. The molecule has 724 valence electrons. The van der Waals surface area contributed by atoms with E-state index in [0.717, 1.165) is 12.5 Å². The quantitative estimate of drug-likeness (QED) is 0.0166. The lowest BCUT2D eigenvalue weighted by atomic mass is 9.96. The number of aliphatic hydroxyl groups is 2. The Bertz CT molecular complexity index is 4150. The summed E-state index contributed by atoms with van der Waals surface area (Å²) in [5, 5.41) is 80.8. The number of unbranched alkanes of at least 4 members (excludes halogenated alkanes) is 2. The Morgan fingerprint density at radius 3 is 1.25 bits per heavy atom. The van der Waals surface area contributed by atoms with Gasteiger partial charge in [0.15, 0.2) is 11.9 Å². The van der Waals surface area contributed by atoms with Gasteiger partial charge in [0.1, 0.15) is 78.0 Å². The van der Waals surface area contributed by atoms with Crippen LogP contribution in [0.25, 0.3) is 0 Å². The van der Waals surface area contributed by atoms with E-state index in [1.807, 2.05) is 0 Å². The van der Waals surface area contributed by atoms with Crippen molar-refractivity contribution in [1.29, 1.82) is 10.8 Å². The highest BCUT2D eigenvalue weighted by atomic mass is 16.3. The van der Waals surface area contributed by atoms with Gasteiger partial charge in [-0.1, -0.05) is 81.4 Å². The van der Waals surface area contributed by atoms with Gasteiger partial charge in [-0.2, -0.15) is 0 Å². The number of primary amides is 3. The first-order valence-corrected chi connectivity index (χ1v) is 42.6. The lowest BCUT2D eigenvalue weighted by molar-refractivity contribution is -0.137. The Labute approximate surface area is 752 Å². The molecular formula is C81H134N28O21. The van der Waals surface area contributed by atoms with Crippen molar-refractivity contribution in [3.8, 4) is 0 Å². The van der Waals surface area contributed by atoms with Crippen molar-refractivity contribution in [3.63, 3.8) is 0 Å². The van der Waals surface area contributed by atoms with Crippen LogP contribution in [-0.4, -0.2) is 277 Å². The van der Waals surface area contributed by atoms with Crippen LogP contribution >= 0.6 is 0 Å². The van der Waals surface area contributed by atoms with E-state index in [2.05, 4.69) is 95.7 Å². The predicted octanol–water partition coefficient (Wildman–Crippen LogP) is -10.9. The Morgan fingerprint density at radius 1 is 0.400 bits per heavy atom. The SMILES string of the molecule is CC[C@](C)(NC(=O)CNC(=O)[C@@H](NC(=O)[C@H](Cc1ccccc1)NC(=O)CNC(=O)CNC(=O)[C@@H](N)Cc1ccccc1)[C@@H](C)O)C(=O)N[C@@H](CCCNC(=N)N)C(=O)N[C@@H](CCCCN)C(=O)N[C@@H](CO)C(=O)N[C@@H](C)C(=O)N[C@@H](CCCNC(=N)N)C(=O)N[C@@H](CCCCN)C(=O)N[C@@H](CC(C)C)C(=O)N[C@@H](C)C(=O)N[C@@H](CC(N)=O)C(=O)N[C@@H](CCC(N)=O)C(N)=O. The lowest BCUT2D eigenvalue weighted by Gasteiger charge is -2.31. The Hall–Kier alpha value is -13.3. The number of amides is 19. The van der Waals surface area contributed by atoms with Crippen molar-refractivity contribution >= 4 is 124 Å². The predicted molar refractivity (Wildman–Crippen MR) is 472 cm³/mol. The van der Waals surface area contributed by atoms with Crippen LogP contribution in [0, 0.1) is 16.7 Å². The molecule has 19 amide bonds. The summed E-state index contributed by atoms with van der Waals surface area (Å²) in [6.45, 7) is 6.79. The van der Waals surface area contributed by atoms with Crippen LogP contribution in [0.5, 0.6) is 0 Å². The summed E-state index contributed by atoms with van der Waals surface area (Å²) in [6, 6.07) is -2.53. The minimum Gasteiger partial charge on any atom is -0.394 e. The molecule has 15 atom stereocenters. The zero-order valence-electron chi connectivity index (χ0n) is 74.4. The molecular weight excluding hydrogens is 1700 g/mol. The van der Waals surface area contributed by atoms with Crippen LogP contribution in [0.1, 0.15) is 156 Å². The van der Waals surface area contributed by atoms with E-state index < -0.39 is 247 Å². The number of benzene rings is 2. The van der Waals surface area contributed by atoms with Crippen molar-refractivity contribution in [3.05, 3.63) is 71.8 Å². The van der Waals surface area contributed by atoms with Crippen molar-refractivity contribution in [2.75, 3.05) is 52.4 Å². The van der Waals surface area contributed by atoms with Crippen LogP contribution in [0.4, 0.5) is 0 Å². The van der Waals surface area contributed by atoms with Gasteiger partial charge < -0.3 is 152 Å². The Kier molecular flexibility index (Phi) is 51.8. The van der Waals surface area contributed by atoms with Crippen LogP contribution in [0.15, 0.2) is 60.7 Å². The number of nitrogens with two attached hydrogens (primary N) is 8. The average Bonchev–Trinajstić information content (AvgIpc) is 0.862. The van der Waals surface area contributed by atoms with E-state index in [1.165, 1.54) is 27.7 Å². The highest BCUT2D eigenvalue weighted by Crippen LogP contribution is 2.16. The van der Waals surface area contributed by atoms with Crippen molar-refractivity contribution in [1.82, 2.24) is 95.7 Å². The minimum absolute atomic E-state index is 0.0133. The largest absolute Gasteiger partial charge is 0.394 e. The van der Waals surface area contributed by atoms with Gasteiger partial charge in [-0.15, -0.1) is 0 Å². The lowest BCUT2D eigenvalue weighted by Crippen LogP contribution is -2.63. The number of guanidine groups is 2. The van der Waals surface area contributed by atoms with Crippen LogP contribution < -0.4 is 142 Å². The summed E-state index contributed by atoms with van der Waals surface area (Å²) in [7, 11) is 0. The highest BCUT2D eigenvalue weighted by molar-refractivity contribution is 6.02. The molecule has 49 nitrogen and oxygen atoms in total. The fraction of sp³-hybridized carbons (Fsp3) is 0.593. The molecule has 130 heavy (non-hydrogen) atoms. The Balaban J connectivity index is 2.35. The molecule has 0 saturated carbocycles. The van der Waals surface area contributed by atoms with Crippen LogP contribution in [0.3, 0.4) is 0 Å². The molecule has 2 aromatic carbocycles. The molecule has 0 aromatic heterocycles. The van der Waals surface area contributed by atoms with E-state index >= 15 is 0 Å². The van der Waals surface area contributed by atoms with Gasteiger partial charge in [0.05, 0.1) is 44.8 Å². The molecule has 49 heteroatoms. The van der Waals surface area contributed by atoms with Gasteiger partial charge in [-0.25, -0.2) is 0 Å². The van der Waals surface area contributed by atoms with Gasteiger partial charge >= 0.3 is 0 Å². The summed E-state index contributed by atoms with van der Waals surface area (Å²) in [5.74, 6) is -19.7. The smallest absolute Gasteiger partial charge is 0.246 e. The third-order valence-electron chi connectivity index (χ3n) is 20.0. The molecule has 0 saturated heterocycles. The van der Waals surface area contributed by atoms with E-state index in [0.29, 0.717) is 18.4 Å². The zero-order chi connectivity index (χ0) is 97.9. The van der Waals surface area contributed by atoms with Gasteiger partial charge in [-0.05, 0) is 148 Å². The molecule has 0 radical (unpaired) electrons. The number of hydrogen-bond acceptors (Lipinski definition) is 26. The first-order valence-electron chi connectivity index (χ1n) is 42.6. The number of aliphatic hydroxyl groups excluding tert-OH is 2. The van der Waals surface area contributed by atoms with Crippen LogP contribution in [-0.2, 0) is 104 Å². The monoisotopic (exact) mass is 1840 g/mol. The molecule has 0 spiro atoms. The summed E-state index contributed by atoms with van der Waals surface area (Å²) < 4.78 is 0. The second-order valence-corrected chi connectivity index (χ2v) is 31.6. The number of carbonyl (C=O) groups is 19. The van der Waals surface area contributed by atoms with E-state index in [-0.39, 0.29) is 122 Å². The first kappa shape index (κ1) is 113. The molecule has 0 bridgehead atoms. The number of rotatable bonds is 63. The van der Waals surface area contributed by atoms with E-state index in [1.54, 1.807) is 74.5 Å². The Morgan fingerprint density at radius 2 is 0.800 bits per heavy atom. The van der Waals surface area contributed by atoms with E-state index in [4.69, 9.17) is 56.7 Å². The van der Waals surface area contributed by atoms with Crippen molar-refractivity contribution in [2.24, 2.45) is 51.8 Å². The minimum atomic E-state index is -1.88. The highest BCUT2D eigenvalue weighted by Gasteiger charge is 2.40. The van der Waals surface area contributed by atoms with Crippen LogP contribution in [0.2, 0.25) is 0 Å². The maximum Gasteiger partial charge on any atom is 0.246 e. The molecule has 0 unspecified atom stereocenters. The summed E-state index contributed by atoms with van der Waals surface area (Å²) >= 11 is 0. The molecule has 0 fully saturated rings. The fourth-order valence-corrected chi connectivity index (χ4v) is 12.4. The normalized spacial score (nSPS) is 14.7. The van der Waals surface area contributed by atoms with Gasteiger partial charge in [0.2, 0.25) is 112 Å². The molecule has 0 heterocycles. The number of nitrogens with one attached hydrogen (secondary N) is 20. The molecule has 0 aliphatic carbocycles. The van der Waals surface area contributed by atoms with Crippen molar-refractivity contribution < 1.29 is 101 Å². The summed E-state index contributed by atoms with van der Waals surface area (Å²) in [6.07, 6.45) is -2.90. The van der Waals surface area contributed by atoms with Gasteiger partial charge in [0, 0.05) is 25.9 Å². The number of carbonyl (C=O) groups excluding carboxylic acids is 19. The molecule has 0 aliphatic heterocycles. The van der Waals surface area contributed by atoms with Crippen molar-refractivity contribution in [2.45, 2.75) is 248 Å². The average molecular weight is 1840 g/mol. The second kappa shape index (κ2) is 59.7. The molecule has 2 aromatic rings. The summed E-state index contributed by atoms with van der Waals surface area (Å²) in [4.78, 5) is 257. The molecule has 2 rings (SSSR count).